The molecule has 0 aliphatic rings. The maximum absolute atomic E-state index is 0. The molecular weight excluding hydrogens is 623 g/mol. The molecule has 0 rings (SSSR count). The van der Waals surface area contributed by atoms with E-state index in [-0.39, 0.29) is 165 Å². The topological polar surface area (TPSA) is 31.5 Å². The molecule has 1 nitrogen and oxygen atoms in total. The second kappa shape index (κ2) is 32.3. The number of hydrogen-bond donors (Lipinski definition) is 0. The molecule has 2 N–H and O–H groups in total. The monoisotopic (exact) mass is 635 g/mol. The Morgan fingerprint density at radius 1 is 1.17 bits per heavy atom. The van der Waals surface area contributed by atoms with Crippen molar-refractivity contribution >= 4 is 137 Å². The van der Waals surface area contributed by atoms with Crippen LogP contribution >= 0.6 is 0 Å². The predicted octanol–water partition coefficient (Wildman–Crippen LogP) is -3.24. The third-order valence-corrected chi connectivity index (χ3v) is 0. The Kier molecular flexibility index (Phi) is 237. The summed E-state index contributed by atoms with van der Waals surface area (Å²) in [5.74, 6) is 0. The average Bonchev–Trinajstić information content (AvgIpc) is 0. The van der Waals surface area contributed by atoms with Gasteiger partial charge in [-0.3, -0.25) is 0 Å². The molecular formula is H11BiCaCuOPbSr. The molecule has 0 spiro atoms. The van der Waals surface area contributed by atoms with Gasteiger partial charge in [-0.1, -0.05) is 0 Å². The van der Waals surface area contributed by atoms with Crippen molar-refractivity contribution in [3.05, 3.63) is 0 Å². The molecule has 6 heteroatoms. The van der Waals surface area contributed by atoms with E-state index in [1.54, 1.807) is 0 Å². The van der Waals surface area contributed by atoms with Crippen LogP contribution in [0.2, 0.25) is 0 Å². The summed E-state index contributed by atoms with van der Waals surface area (Å²) in [6.45, 7) is 0. The first-order valence-electron chi connectivity index (χ1n) is 0. The third kappa shape index (κ3) is 23.0. The molecule has 6 heavy (non-hydrogen) atoms. The molecule has 0 saturated heterocycles. The van der Waals surface area contributed by atoms with Gasteiger partial charge >= 0.3 is 137 Å². The summed E-state index contributed by atoms with van der Waals surface area (Å²) >= 11 is 0. The van der Waals surface area contributed by atoms with E-state index in [2.05, 4.69) is 0 Å². The summed E-state index contributed by atoms with van der Waals surface area (Å²) in [4.78, 5) is 0. The van der Waals surface area contributed by atoms with Crippen LogP contribution < -0.4 is 0 Å². The normalized spacial score (nSPS) is 0. The summed E-state index contributed by atoms with van der Waals surface area (Å²) in [7, 11) is 0. The van der Waals surface area contributed by atoms with E-state index in [9.17, 15) is 0 Å². The molecule has 0 amide bonds. The van der Waals surface area contributed by atoms with Crippen molar-refractivity contribution in [2.24, 2.45) is 0 Å². The van der Waals surface area contributed by atoms with Gasteiger partial charge in [0.15, 0.2) is 0 Å². The fourth-order valence-corrected chi connectivity index (χ4v) is 0. The van der Waals surface area contributed by atoms with Crippen LogP contribution in [0.5, 0.6) is 0 Å². The largest absolute Gasteiger partial charge is 2.00 e. The van der Waals surface area contributed by atoms with Crippen LogP contribution in [0, 0.1) is 0 Å². The maximum Gasteiger partial charge on any atom is 2.00 e. The van der Waals surface area contributed by atoms with Crippen molar-refractivity contribution in [3.63, 3.8) is 0 Å². The Morgan fingerprint density at radius 3 is 1.17 bits per heavy atom. The Labute approximate surface area is 160 Å². The van der Waals surface area contributed by atoms with E-state index in [4.69, 9.17) is 0 Å². The standard InChI is InChI=1S/Bi.Ca.Cu.H2O.Pb.Sr.9H/h;;;1H2;;;;;;;;;;;/q;+2;;;;+2;;;;;;4*-1. The molecule has 0 aromatic carbocycles. The van der Waals surface area contributed by atoms with Gasteiger partial charge in [-0.25, -0.2) is 0 Å². The van der Waals surface area contributed by atoms with Gasteiger partial charge in [-0.05, 0) is 0 Å². The Hall–Kier alpha value is 5.02. The van der Waals surface area contributed by atoms with E-state index >= 15 is 0 Å². The zero-order chi connectivity index (χ0) is 0. The molecule has 0 saturated carbocycles. The Bertz CT molecular complexity index is 25.2. The molecule has 0 aliphatic heterocycles. The van der Waals surface area contributed by atoms with Gasteiger partial charge in [0.2, 0.25) is 0 Å². The first-order valence-corrected chi connectivity index (χ1v) is 0. The van der Waals surface area contributed by atoms with Gasteiger partial charge in [0.25, 0.3) is 0 Å². The molecule has 0 aliphatic carbocycles. The minimum Gasteiger partial charge on any atom is 2.00 e. The predicted molar refractivity (Wildman–Crippen MR) is 38.1 cm³/mol. The van der Waals surface area contributed by atoms with Crippen LogP contribution in [-0.4, -0.2) is 142 Å². The smallest absolute Gasteiger partial charge is 2.00 e. The van der Waals surface area contributed by atoms with Crippen molar-refractivity contribution in [3.8, 4) is 0 Å². The van der Waals surface area contributed by atoms with Crippen molar-refractivity contribution in [2.45, 2.75) is 0 Å². The van der Waals surface area contributed by atoms with Gasteiger partial charge in [-0.15, -0.1) is 0 Å². The summed E-state index contributed by atoms with van der Waals surface area (Å²) < 4.78 is 0. The van der Waals surface area contributed by atoms with Crippen LogP contribution in [0.15, 0.2) is 0 Å². The van der Waals surface area contributed by atoms with Crippen molar-refractivity contribution in [1.29, 1.82) is 0 Å². The van der Waals surface area contributed by atoms with Gasteiger partial charge < -0.3 is 11.2 Å². The summed E-state index contributed by atoms with van der Waals surface area (Å²) in [6, 6.07) is 0. The van der Waals surface area contributed by atoms with Crippen LogP contribution in [0.3, 0.4) is 0 Å². The SMILES string of the molecule is O.[BiH3].[Ca+2].[Cu].[H-].[H-].[H-].[H-].[PbH2].[Sr+2]. The Balaban J connectivity index is 0. The second-order valence-corrected chi connectivity index (χ2v) is 0. The quantitative estimate of drug-likeness (QED) is 0.251. The fraction of sp³-hybridized carbons (Fsp3) is 0. The van der Waals surface area contributed by atoms with Crippen LogP contribution in [0.4, 0.5) is 0 Å². The van der Waals surface area contributed by atoms with E-state index in [0.29, 0.717) is 0 Å². The minimum atomic E-state index is 0. The number of rotatable bonds is 0. The van der Waals surface area contributed by atoms with E-state index in [0.717, 1.165) is 0 Å². The molecule has 0 heterocycles. The van der Waals surface area contributed by atoms with E-state index in [1.807, 2.05) is 0 Å². The molecule has 0 fully saturated rings. The third-order valence-electron chi connectivity index (χ3n) is 0. The van der Waals surface area contributed by atoms with Gasteiger partial charge in [-0.2, -0.15) is 0 Å². The van der Waals surface area contributed by atoms with Crippen molar-refractivity contribution in [2.75, 3.05) is 0 Å². The zero-order valence-electron chi connectivity index (χ0n) is 7.63. The van der Waals surface area contributed by atoms with Crippen molar-refractivity contribution in [1.82, 2.24) is 0 Å². The molecule has 0 aromatic rings. The van der Waals surface area contributed by atoms with Crippen LogP contribution in [0.25, 0.3) is 0 Å². The molecule has 0 aromatic heterocycles. The minimum absolute atomic E-state index is 0. The zero-order valence-corrected chi connectivity index (χ0v) is 21.3. The van der Waals surface area contributed by atoms with E-state index in [1.165, 1.54) is 0 Å². The van der Waals surface area contributed by atoms with Gasteiger partial charge in [0.1, 0.15) is 0 Å². The van der Waals surface area contributed by atoms with Gasteiger partial charge in [0.05, 0.1) is 0 Å². The Morgan fingerprint density at radius 2 is 1.17 bits per heavy atom. The van der Waals surface area contributed by atoms with Crippen LogP contribution in [0.1, 0.15) is 5.71 Å². The van der Waals surface area contributed by atoms with E-state index < -0.39 is 0 Å². The average molecular weight is 635 g/mol. The fourth-order valence-electron chi connectivity index (χ4n) is 0. The number of hydrogen-bond acceptors (Lipinski definition) is 0. The molecule has 0 bridgehead atoms. The second-order valence-electron chi connectivity index (χ2n) is 0. The van der Waals surface area contributed by atoms with Crippen LogP contribution in [-0.2, 0) is 17.1 Å². The van der Waals surface area contributed by atoms with Gasteiger partial charge in [0, 0.05) is 17.1 Å². The van der Waals surface area contributed by atoms with Crippen molar-refractivity contribution < 1.29 is 28.3 Å². The summed E-state index contributed by atoms with van der Waals surface area (Å²) in [6.07, 6.45) is 0. The maximum atomic E-state index is 0. The first-order chi connectivity index (χ1) is 0. The molecule has 0 unspecified atom stereocenters. The molecule has 3 radical (unpaired) electrons. The summed E-state index contributed by atoms with van der Waals surface area (Å²) in [5.41, 5.74) is 0. The molecule has 0 atom stereocenters. The molecule has 41 valence electrons. The first kappa shape index (κ1) is 43.9. The summed E-state index contributed by atoms with van der Waals surface area (Å²) in [5, 5.41) is 0.